The van der Waals surface area contributed by atoms with Gasteiger partial charge in [0.05, 0.1) is 39.1 Å². The number of carbonyl (C=O) groups excluding carboxylic acids is 14. The first-order chi connectivity index (χ1) is 63.8. The molecular weight excluding hydrogens is 1690 g/mol. The van der Waals surface area contributed by atoms with Gasteiger partial charge in [0.1, 0.15) is 0 Å². The molecular formula is C96H191N19O17. The maximum absolute atomic E-state index is 12.1. The topological polar surface area (TPSA) is 442 Å². The highest BCUT2D eigenvalue weighted by Gasteiger charge is 2.20. The molecule has 36 nitrogen and oxygen atoms in total. The standard InChI is InChI=1S/C27H54N6O4.C27H52N4O6.C21H43N5O3.C21H42N4O4/c1-5-14-28-24(34)10-20-32(21-11-25(35)29-15-6-2)18-9-19-33(22-12-26(36)30-16-7-3)23-13-27(37)31-17-8-4;1-5-14-28-24(32)10-18-30(19-11-25(33)29-15-6-2)16-9-17-31(20-12-26(34)36-22-7-3)21-13-27(35)37-23-8-4;1-4-11-23-19(27)8-15-22-14-7-16-26(17-9-20(28)24-12-5-2)18-10-21(29)25-13-6-3;1-4-11-23-19(26)9-16-25(17-10-20(27)24-12-5-2)15-7-13-22-14-8-21(28)29-18-6-3/h5-23H2,1-4H3,(H,28,34)(H,29,35)(H,30,36)(H,31,37);5-23H2,1-4H3,(H,28,32)(H,29,33);22H,4-18H2,1-3H3,(H,23,27)(H,24,28)(H,25,29);22H,4-18H2,1-3H3,(H,23,26)(H,24,27). The van der Waals surface area contributed by atoms with Crippen LogP contribution in [0.5, 0.6) is 0 Å². The lowest BCUT2D eigenvalue weighted by atomic mass is 10.2. The van der Waals surface area contributed by atoms with Gasteiger partial charge in [-0.3, -0.25) is 67.1 Å². The Hall–Kier alpha value is -7.74. The molecule has 13 N–H and O–H groups in total. The molecule has 0 fully saturated rings. The van der Waals surface area contributed by atoms with E-state index in [9.17, 15) is 67.1 Å². The van der Waals surface area contributed by atoms with Gasteiger partial charge in [0.25, 0.3) is 0 Å². The van der Waals surface area contributed by atoms with E-state index in [1.165, 1.54) is 0 Å². The molecule has 0 radical (unpaired) electrons. The van der Waals surface area contributed by atoms with Crippen LogP contribution < -0.4 is 69.1 Å². The van der Waals surface area contributed by atoms with E-state index < -0.39 is 0 Å². The van der Waals surface area contributed by atoms with Crippen molar-refractivity contribution in [1.82, 2.24) is 98.5 Å². The highest BCUT2D eigenvalue weighted by atomic mass is 16.5. The third-order valence-corrected chi connectivity index (χ3v) is 20.1. The van der Waals surface area contributed by atoms with Crippen LogP contribution >= 0.6 is 0 Å². The molecule has 0 aromatic rings. The van der Waals surface area contributed by atoms with Crippen LogP contribution in [0.25, 0.3) is 0 Å². The summed E-state index contributed by atoms with van der Waals surface area (Å²) >= 11 is 0. The lowest BCUT2D eigenvalue weighted by Crippen LogP contribution is -2.38. The Balaban J connectivity index is -0.000000833. The average Bonchev–Trinajstić information content (AvgIpc) is 0.948. The molecule has 0 aliphatic rings. The van der Waals surface area contributed by atoms with Crippen LogP contribution in [0.3, 0.4) is 0 Å². The first-order valence-corrected chi connectivity index (χ1v) is 50.9. The molecule has 772 valence electrons. The van der Waals surface area contributed by atoms with Crippen molar-refractivity contribution in [1.29, 1.82) is 0 Å². The van der Waals surface area contributed by atoms with Crippen molar-refractivity contribution in [3.63, 3.8) is 0 Å². The number of nitrogens with one attached hydrogen (secondary N) is 13. The van der Waals surface area contributed by atoms with Crippen molar-refractivity contribution >= 4 is 82.9 Å². The molecule has 0 aromatic carbocycles. The van der Waals surface area contributed by atoms with Crippen LogP contribution in [-0.4, -0.2) is 348 Å². The Morgan fingerprint density at radius 2 is 0.311 bits per heavy atom. The molecule has 0 aromatic heterocycles. The second kappa shape index (κ2) is 99.2. The smallest absolute Gasteiger partial charge is 0.307 e. The normalized spacial score (nSPS) is 10.9. The van der Waals surface area contributed by atoms with Crippen LogP contribution in [0.2, 0.25) is 0 Å². The Morgan fingerprint density at radius 3 is 0.485 bits per heavy atom. The summed E-state index contributed by atoms with van der Waals surface area (Å²) < 4.78 is 15.4. The minimum absolute atomic E-state index is 0.0140. The molecule has 36 heteroatoms. The van der Waals surface area contributed by atoms with Crippen molar-refractivity contribution in [2.24, 2.45) is 0 Å². The van der Waals surface area contributed by atoms with Crippen molar-refractivity contribution < 1.29 is 81.3 Å². The number of hydrogen-bond acceptors (Lipinski definition) is 25. The van der Waals surface area contributed by atoms with Crippen molar-refractivity contribution in [2.45, 2.75) is 302 Å². The zero-order chi connectivity index (χ0) is 98.9. The second-order valence-electron chi connectivity index (χ2n) is 33.0. The number of rotatable bonds is 86. The van der Waals surface area contributed by atoms with Crippen molar-refractivity contribution in [2.75, 3.05) is 236 Å². The van der Waals surface area contributed by atoms with E-state index in [0.29, 0.717) is 267 Å². The van der Waals surface area contributed by atoms with Crippen LogP contribution in [0.1, 0.15) is 302 Å². The Labute approximate surface area is 797 Å². The summed E-state index contributed by atoms with van der Waals surface area (Å²) in [5, 5.41) is 38.4. The number of ether oxygens (including phenoxy) is 3. The molecule has 0 saturated carbocycles. The van der Waals surface area contributed by atoms with E-state index >= 15 is 0 Å². The fraction of sp³-hybridized carbons (Fsp3) is 0.854. The summed E-state index contributed by atoms with van der Waals surface area (Å²) in [6.07, 6.45) is 21.3. The van der Waals surface area contributed by atoms with E-state index in [1.807, 2.05) is 96.9 Å². The fourth-order valence-electron chi connectivity index (χ4n) is 12.4. The SMILES string of the molecule is CCCNC(=O)CCN(CCCN(CCC(=O)NCCC)CCC(=O)NCCC)CCC(=O)NCCC.CCCNC(=O)CCN(CCCN(CCC(=O)OCCC)CCC(=O)OCCC)CCC(=O)NCCC.CCCNC(=O)CCN(CCCNCCC(=O)OCCC)CCC(=O)NCCC.CCCNC(=O)CCNCCCN(CCC(=O)NCCC)CCC(=O)NCCC. The molecule has 0 bridgehead atoms. The lowest BCUT2D eigenvalue weighted by molar-refractivity contribution is -0.145. The van der Waals surface area contributed by atoms with Gasteiger partial charge in [0.15, 0.2) is 0 Å². The van der Waals surface area contributed by atoms with Gasteiger partial charge in [0, 0.05) is 234 Å². The molecule has 0 saturated heterocycles. The van der Waals surface area contributed by atoms with Gasteiger partial charge in [-0.15, -0.1) is 0 Å². The van der Waals surface area contributed by atoms with Crippen molar-refractivity contribution in [3.8, 4) is 0 Å². The van der Waals surface area contributed by atoms with Crippen LogP contribution in [0.15, 0.2) is 0 Å². The summed E-state index contributed by atoms with van der Waals surface area (Å²) in [4.78, 5) is 180. The fourth-order valence-corrected chi connectivity index (χ4v) is 12.4. The summed E-state index contributed by atoms with van der Waals surface area (Å²) in [6, 6.07) is 0. The molecule has 0 heterocycles. The minimum Gasteiger partial charge on any atom is -0.466 e. The van der Waals surface area contributed by atoms with Crippen LogP contribution in [-0.2, 0) is 81.3 Å². The largest absolute Gasteiger partial charge is 0.466 e. The first-order valence-electron chi connectivity index (χ1n) is 50.9. The van der Waals surface area contributed by atoms with Crippen LogP contribution in [0, 0.1) is 0 Å². The van der Waals surface area contributed by atoms with Gasteiger partial charge in [-0.25, -0.2) is 0 Å². The van der Waals surface area contributed by atoms with E-state index in [4.69, 9.17) is 14.2 Å². The maximum Gasteiger partial charge on any atom is 0.307 e. The molecule has 0 aliphatic carbocycles. The average molecular weight is 1880 g/mol. The third kappa shape index (κ3) is 94.0. The summed E-state index contributed by atoms with van der Waals surface area (Å²) in [7, 11) is 0. The number of nitrogens with zero attached hydrogens (tertiary/aromatic N) is 6. The second-order valence-corrected chi connectivity index (χ2v) is 33.0. The summed E-state index contributed by atoms with van der Waals surface area (Å²) in [6.45, 7) is 51.4. The molecule has 132 heavy (non-hydrogen) atoms. The summed E-state index contributed by atoms with van der Waals surface area (Å²) in [5.41, 5.74) is 0. The van der Waals surface area contributed by atoms with Crippen molar-refractivity contribution in [3.05, 3.63) is 0 Å². The third-order valence-electron chi connectivity index (χ3n) is 20.1. The summed E-state index contributed by atoms with van der Waals surface area (Å²) in [5.74, 6) is -0.203. The number of amides is 11. The first kappa shape index (κ1) is 131. The molecule has 0 rings (SSSR count). The predicted octanol–water partition coefficient (Wildman–Crippen LogP) is 6.61. The van der Waals surface area contributed by atoms with Gasteiger partial charge >= 0.3 is 17.9 Å². The number of esters is 3. The van der Waals surface area contributed by atoms with Crippen LogP contribution in [0.4, 0.5) is 0 Å². The van der Waals surface area contributed by atoms with Gasteiger partial charge in [-0.1, -0.05) is 96.9 Å². The minimum atomic E-state index is -0.238. The zero-order valence-electron chi connectivity index (χ0n) is 85.2. The molecule has 0 aliphatic heterocycles. The van der Waals surface area contributed by atoms with E-state index in [-0.39, 0.29) is 95.7 Å². The Kier molecular flexibility index (Phi) is 98.1. The van der Waals surface area contributed by atoms with Gasteiger partial charge in [0.2, 0.25) is 65.0 Å². The predicted molar refractivity (Wildman–Crippen MR) is 528 cm³/mol. The quantitative estimate of drug-likeness (QED) is 0.0173. The van der Waals surface area contributed by atoms with Gasteiger partial charge in [-0.05, 0) is 168 Å². The van der Waals surface area contributed by atoms with Gasteiger partial charge in [-0.2, -0.15) is 0 Å². The number of carbonyl (C=O) groups is 14. The van der Waals surface area contributed by atoms with E-state index in [2.05, 4.69) is 98.5 Å². The molecule has 0 spiro atoms. The highest BCUT2D eigenvalue weighted by molar-refractivity contribution is 5.80. The molecule has 11 amide bonds. The van der Waals surface area contributed by atoms with E-state index in [1.54, 1.807) is 0 Å². The Bertz CT molecular complexity index is 2460. The van der Waals surface area contributed by atoms with E-state index in [0.717, 1.165) is 161 Å². The maximum atomic E-state index is 12.1. The zero-order valence-corrected chi connectivity index (χ0v) is 85.2. The van der Waals surface area contributed by atoms with Gasteiger partial charge < -0.3 is 113 Å². The molecule has 0 atom stereocenters. The highest BCUT2D eigenvalue weighted by Crippen LogP contribution is 2.08. The lowest BCUT2D eigenvalue weighted by Gasteiger charge is -2.25. The Morgan fingerprint density at radius 1 is 0.159 bits per heavy atom. The monoisotopic (exact) mass is 1880 g/mol. The number of hydrogen-bond donors (Lipinski definition) is 13. The molecule has 0 unspecified atom stereocenters.